The smallest absolute Gasteiger partial charge is 0.241 e. The van der Waals surface area contributed by atoms with Gasteiger partial charge in [0.25, 0.3) is 0 Å². The summed E-state index contributed by atoms with van der Waals surface area (Å²) in [6, 6.07) is 6.48. The van der Waals surface area contributed by atoms with Gasteiger partial charge in [0, 0.05) is 0 Å². The fourth-order valence-corrected chi connectivity index (χ4v) is 2.73. The second kappa shape index (κ2) is 6.51. The van der Waals surface area contributed by atoms with Crippen molar-refractivity contribution in [2.45, 2.75) is 37.1 Å². The average Bonchev–Trinajstić information content (AvgIpc) is 2.35. The Kier molecular flexibility index (Phi) is 5.30. The van der Waals surface area contributed by atoms with E-state index in [1.54, 1.807) is 18.2 Å². The maximum Gasteiger partial charge on any atom is 0.241 e. The largest absolute Gasteiger partial charge is 0.548 e. The van der Waals surface area contributed by atoms with Gasteiger partial charge in [-0.3, -0.25) is 0 Å². The third-order valence-electron chi connectivity index (χ3n) is 2.48. The number of rotatable bonds is 7. The predicted octanol–water partition coefficient (Wildman–Crippen LogP) is 0.274. The van der Waals surface area contributed by atoms with Crippen molar-refractivity contribution < 1.29 is 18.3 Å². The summed E-state index contributed by atoms with van der Waals surface area (Å²) in [7, 11) is -3.81. The predicted molar refractivity (Wildman–Crippen MR) is 65.1 cm³/mol. The SMILES string of the molecule is CCCC[C@@H](NS(=O)(=O)c1ccccc1)C(=O)[O-]. The molecule has 1 rings (SSSR count). The summed E-state index contributed by atoms with van der Waals surface area (Å²) >= 11 is 0. The number of carbonyl (C=O) groups excluding carboxylic acids is 1. The van der Waals surface area contributed by atoms with Crippen LogP contribution in [0.15, 0.2) is 35.2 Å². The van der Waals surface area contributed by atoms with Crippen molar-refractivity contribution in [3.63, 3.8) is 0 Å². The second-order valence-electron chi connectivity index (χ2n) is 3.95. The van der Waals surface area contributed by atoms with Crippen molar-refractivity contribution in [2.24, 2.45) is 0 Å². The van der Waals surface area contributed by atoms with E-state index in [9.17, 15) is 18.3 Å². The molecule has 1 aromatic rings. The van der Waals surface area contributed by atoms with E-state index in [0.717, 1.165) is 6.42 Å². The first kappa shape index (κ1) is 14.7. The Bertz CT molecular complexity index is 484. The Hall–Kier alpha value is -1.40. The van der Waals surface area contributed by atoms with Crippen LogP contribution in [0.25, 0.3) is 0 Å². The summed E-state index contributed by atoms with van der Waals surface area (Å²) < 4.78 is 26.0. The molecule has 0 saturated carbocycles. The molecule has 0 aliphatic carbocycles. The molecule has 5 nitrogen and oxygen atoms in total. The van der Waals surface area contributed by atoms with Crippen LogP contribution in [0.2, 0.25) is 0 Å². The number of nitrogens with one attached hydrogen (secondary N) is 1. The number of hydrogen-bond acceptors (Lipinski definition) is 4. The molecule has 0 saturated heterocycles. The fraction of sp³-hybridized carbons (Fsp3) is 0.417. The van der Waals surface area contributed by atoms with Crippen LogP contribution in [0.5, 0.6) is 0 Å². The molecule has 0 heterocycles. The first-order valence-corrected chi connectivity index (χ1v) is 7.24. The Labute approximate surface area is 107 Å². The van der Waals surface area contributed by atoms with Crippen LogP contribution in [0.1, 0.15) is 26.2 Å². The van der Waals surface area contributed by atoms with Gasteiger partial charge in [0.1, 0.15) is 0 Å². The summed E-state index contributed by atoms with van der Waals surface area (Å²) in [4.78, 5) is 10.9. The third kappa shape index (κ3) is 4.12. The van der Waals surface area contributed by atoms with E-state index in [4.69, 9.17) is 0 Å². The Balaban J connectivity index is 2.83. The van der Waals surface area contributed by atoms with Crippen molar-refractivity contribution in [1.82, 2.24) is 4.72 Å². The number of carboxylic acid groups (broad SMARTS) is 1. The van der Waals surface area contributed by atoms with Crippen LogP contribution < -0.4 is 9.83 Å². The topological polar surface area (TPSA) is 86.3 Å². The second-order valence-corrected chi connectivity index (χ2v) is 5.66. The third-order valence-corrected chi connectivity index (χ3v) is 3.97. The maximum absolute atomic E-state index is 11.9. The minimum absolute atomic E-state index is 0.0488. The number of benzene rings is 1. The zero-order valence-corrected chi connectivity index (χ0v) is 10.9. The van der Waals surface area contributed by atoms with Crippen molar-refractivity contribution in [3.05, 3.63) is 30.3 Å². The van der Waals surface area contributed by atoms with Gasteiger partial charge in [-0.1, -0.05) is 38.0 Å². The lowest BCUT2D eigenvalue weighted by Crippen LogP contribution is -2.47. The van der Waals surface area contributed by atoms with Gasteiger partial charge in [0.15, 0.2) is 0 Å². The highest BCUT2D eigenvalue weighted by atomic mass is 32.2. The van der Waals surface area contributed by atoms with Crippen LogP contribution in [-0.2, 0) is 14.8 Å². The monoisotopic (exact) mass is 270 g/mol. The normalized spacial score (nSPS) is 13.2. The number of carboxylic acids is 1. The van der Waals surface area contributed by atoms with Gasteiger partial charge in [0.2, 0.25) is 10.0 Å². The van der Waals surface area contributed by atoms with Gasteiger partial charge in [-0.25, -0.2) is 13.1 Å². The molecule has 1 atom stereocenters. The molecule has 0 radical (unpaired) electrons. The van der Waals surface area contributed by atoms with Crippen LogP contribution >= 0.6 is 0 Å². The molecule has 0 amide bonds. The molecule has 0 spiro atoms. The Morgan fingerprint density at radius 3 is 2.44 bits per heavy atom. The summed E-state index contributed by atoms with van der Waals surface area (Å²) in [6.07, 6.45) is 1.64. The molecular weight excluding hydrogens is 254 g/mol. The van der Waals surface area contributed by atoms with Crippen LogP contribution in [0.3, 0.4) is 0 Å². The van der Waals surface area contributed by atoms with E-state index < -0.39 is 22.0 Å². The maximum atomic E-state index is 11.9. The molecule has 0 aliphatic rings. The highest BCUT2D eigenvalue weighted by molar-refractivity contribution is 7.89. The summed E-state index contributed by atoms with van der Waals surface area (Å²) in [6.45, 7) is 1.90. The standard InChI is InChI=1S/C12H17NO4S/c1-2-3-9-11(12(14)15)13-18(16,17)10-7-5-4-6-8-10/h4-8,11,13H,2-3,9H2,1H3,(H,14,15)/p-1/t11-/m1/s1. The average molecular weight is 270 g/mol. The van der Waals surface area contributed by atoms with E-state index in [2.05, 4.69) is 4.72 Å². The molecule has 1 aromatic carbocycles. The van der Waals surface area contributed by atoms with Gasteiger partial charge < -0.3 is 9.90 Å². The van der Waals surface area contributed by atoms with E-state index >= 15 is 0 Å². The number of unbranched alkanes of at least 4 members (excludes halogenated alkanes) is 1. The Morgan fingerprint density at radius 2 is 1.94 bits per heavy atom. The molecule has 0 unspecified atom stereocenters. The van der Waals surface area contributed by atoms with Crippen LogP contribution in [0.4, 0.5) is 0 Å². The summed E-state index contributed by atoms with van der Waals surface area (Å²) in [5.41, 5.74) is 0. The molecule has 0 bridgehead atoms. The fourth-order valence-electron chi connectivity index (χ4n) is 1.49. The van der Waals surface area contributed by atoms with Gasteiger partial charge in [-0.15, -0.1) is 0 Å². The van der Waals surface area contributed by atoms with Crippen molar-refractivity contribution >= 4 is 16.0 Å². The first-order chi connectivity index (χ1) is 8.47. The number of sulfonamides is 1. The lowest BCUT2D eigenvalue weighted by Gasteiger charge is -2.19. The van der Waals surface area contributed by atoms with Gasteiger partial charge >= 0.3 is 0 Å². The molecule has 0 aliphatic heterocycles. The highest BCUT2D eigenvalue weighted by Crippen LogP contribution is 2.10. The van der Waals surface area contributed by atoms with Gasteiger partial charge in [-0.2, -0.15) is 0 Å². The lowest BCUT2D eigenvalue weighted by atomic mass is 10.1. The zero-order chi connectivity index (χ0) is 13.6. The summed E-state index contributed by atoms with van der Waals surface area (Å²) in [5.74, 6) is -1.40. The van der Waals surface area contributed by atoms with Crippen LogP contribution in [-0.4, -0.2) is 20.4 Å². The zero-order valence-electron chi connectivity index (χ0n) is 10.1. The quantitative estimate of drug-likeness (QED) is 0.770. The van der Waals surface area contributed by atoms with E-state index in [1.807, 2.05) is 6.92 Å². The van der Waals surface area contributed by atoms with Crippen molar-refractivity contribution in [3.8, 4) is 0 Å². The van der Waals surface area contributed by atoms with E-state index in [-0.39, 0.29) is 11.3 Å². The van der Waals surface area contributed by atoms with E-state index in [0.29, 0.717) is 6.42 Å². The molecule has 0 fully saturated rings. The van der Waals surface area contributed by atoms with Gasteiger partial charge in [0.05, 0.1) is 16.9 Å². The van der Waals surface area contributed by atoms with Crippen molar-refractivity contribution in [2.75, 3.05) is 0 Å². The van der Waals surface area contributed by atoms with Crippen molar-refractivity contribution in [1.29, 1.82) is 0 Å². The molecule has 0 aromatic heterocycles. The molecule has 1 N–H and O–H groups in total. The number of carbonyl (C=O) groups is 1. The minimum atomic E-state index is -3.81. The molecular formula is C12H16NO4S-. The minimum Gasteiger partial charge on any atom is -0.548 e. The lowest BCUT2D eigenvalue weighted by molar-refractivity contribution is -0.308. The molecule has 6 heteroatoms. The van der Waals surface area contributed by atoms with E-state index in [1.165, 1.54) is 12.1 Å². The summed E-state index contributed by atoms with van der Waals surface area (Å²) in [5, 5.41) is 10.9. The van der Waals surface area contributed by atoms with Crippen LogP contribution in [0, 0.1) is 0 Å². The highest BCUT2D eigenvalue weighted by Gasteiger charge is 2.20. The Morgan fingerprint density at radius 1 is 1.33 bits per heavy atom. The number of aliphatic carboxylic acids is 1. The number of hydrogen-bond donors (Lipinski definition) is 1. The molecule has 100 valence electrons. The molecule has 18 heavy (non-hydrogen) atoms. The van der Waals surface area contributed by atoms with Gasteiger partial charge in [-0.05, 0) is 18.6 Å². The first-order valence-electron chi connectivity index (χ1n) is 5.75.